The molecular weight excluding hydrogens is 249 g/mol. The molecule has 1 atom stereocenters. The Balaban J connectivity index is 2.23. The second-order valence-corrected chi connectivity index (χ2v) is 4.41. The number of nitrogens with zero attached hydrogens (tertiary/aromatic N) is 1. The number of benzene rings is 1. The van der Waals surface area contributed by atoms with Crippen LogP contribution < -0.4 is 0 Å². The summed E-state index contributed by atoms with van der Waals surface area (Å²) in [6.45, 7) is 3.04. The number of carbonyl (C=O) groups is 1. The van der Waals surface area contributed by atoms with E-state index in [-0.39, 0.29) is 12.1 Å². The van der Waals surface area contributed by atoms with Gasteiger partial charge in [0, 0.05) is 12.1 Å². The van der Waals surface area contributed by atoms with Gasteiger partial charge in [0.1, 0.15) is 6.23 Å². The number of ether oxygens (including phenoxy) is 1. The first-order valence-corrected chi connectivity index (χ1v) is 5.73. The first-order valence-electron chi connectivity index (χ1n) is 4.97. The molecule has 0 radical (unpaired) electrons. The van der Waals surface area contributed by atoms with E-state index in [0.717, 1.165) is 0 Å². The summed E-state index contributed by atoms with van der Waals surface area (Å²) in [5.41, 5.74) is 0.534. The van der Waals surface area contributed by atoms with Crippen LogP contribution in [0.4, 0.5) is 0 Å². The average molecular weight is 260 g/mol. The normalized spacial score (nSPS) is 20.2. The molecule has 1 saturated heterocycles. The lowest BCUT2D eigenvalue weighted by molar-refractivity contribution is 0.0378. The summed E-state index contributed by atoms with van der Waals surface area (Å²) in [6.07, 6.45) is -0.179. The highest BCUT2D eigenvalue weighted by Gasteiger charge is 2.26. The fourth-order valence-corrected chi connectivity index (χ4v) is 1.95. The molecule has 1 aliphatic heterocycles. The lowest BCUT2D eigenvalue weighted by atomic mass is 10.2. The van der Waals surface area contributed by atoms with E-state index < -0.39 is 0 Å². The van der Waals surface area contributed by atoms with Crippen LogP contribution in [0, 0.1) is 0 Å². The zero-order valence-corrected chi connectivity index (χ0v) is 10.3. The van der Waals surface area contributed by atoms with E-state index in [1.54, 1.807) is 23.1 Å². The van der Waals surface area contributed by atoms with Crippen LogP contribution in [0.25, 0.3) is 0 Å². The van der Waals surface area contributed by atoms with Crippen molar-refractivity contribution in [3.8, 4) is 0 Å². The van der Waals surface area contributed by atoms with E-state index in [1.165, 1.54) is 0 Å². The van der Waals surface area contributed by atoms with E-state index in [1.807, 2.05) is 6.92 Å². The van der Waals surface area contributed by atoms with Crippen LogP contribution in [0.5, 0.6) is 0 Å². The van der Waals surface area contributed by atoms with Gasteiger partial charge in [-0.15, -0.1) is 0 Å². The third-order valence-corrected chi connectivity index (χ3v) is 3.30. The topological polar surface area (TPSA) is 29.5 Å². The number of rotatable bonds is 1. The smallest absolute Gasteiger partial charge is 0.256 e. The van der Waals surface area contributed by atoms with Crippen LogP contribution in [-0.4, -0.2) is 30.2 Å². The lowest BCUT2D eigenvalue weighted by Crippen LogP contribution is -2.34. The minimum absolute atomic E-state index is 0.0800. The zero-order valence-electron chi connectivity index (χ0n) is 8.74. The second-order valence-electron chi connectivity index (χ2n) is 3.60. The molecule has 5 heteroatoms. The minimum atomic E-state index is -0.179. The molecule has 3 nitrogen and oxygen atoms in total. The van der Waals surface area contributed by atoms with Crippen molar-refractivity contribution in [2.45, 2.75) is 13.2 Å². The molecule has 1 amide bonds. The summed E-state index contributed by atoms with van der Waals surface area (Å²) in [4.78, 5) is 13.7. The second kappa shape index (κ2) is 4.62. The fraction of sp³-hybridized carbons (Fsp3) is 0.364. The molecule has 0 bridgehead atoms. The van der Waals surface area contributed by atoms with Gasteiger partial charge in [-0.1, -0.05) is 23.2 Å². The van der Waals surface area contributed by atoms with Crippen molar-refractivity contribution in [3.63, 3.8) is 0 Å². The Morgan fingerprint density at radius 1 is 1.44 bits per heavy atom. The summed E-state index contributed by atoms with van der Waals surface area (Å²) >= 11 is 11.7. The van der Waals surface area contributed by atoms with Gasteiger partial charge < -0.3 is 9.64 Å². The maximum absolute atomic E-state index is 12.1. The van der Waals surface area contributed by atoms with Crippen LogP contribution >= 0.6 is 23.2 Å². The highest BCUT2D eigenvalue weighted by molar-refractivity contribution is 6.42. The molecule has 1 unspecified atom stereocenters. The molecule has 0 N–H and O–H groups in total. The molecule has 2 rings (SSSR count). The molecule has 0 spiro atoms. The molecule has 16 heavy (non-hydrogen) atoms. The Bertz CT molecular complexity index is 422. The van der Waals surface area contributed by atoms with Crippen molar-refractivity contribution >= 4 is 29.1 Å². The molecular formula is C11H11Cl2NO2. The Hall–Kier alpha value is -0.770. The van der Waals surface area contributed by atoms with Crippen LogP contribution in [0.15, 0.2) is 18.2 Å². The first-order chi connectivity index (χ1) is 7.59. The Kier molecular flexibility index (Phi) is 3.38. The molecule has 86 valence electrons. The van der Waals surface area contributed by atoms with Gasteiger partial charge in [-0.25, -0.2) is 0 Å². The number of carbonyl (C=O) groups excluding carboxylic acids is 1. The SMILES string of the molecule is CC1OCCN1C(=O)c1ccc(Cl)c(Cl)c1. The molecule has 1 aromatic carbocycles. The predicted octanol–water partition coefficient (Wildman–Crippen LogP) is 2.81. The van der Waals surface area contributed by atoms with Gasteiger partial charge in [0.2, 0.25) is 0 Å². The maximum atomic E-state index is 12.1. The van der Waals surface area contributed by atoms with Gasteiger partial charge in [0.05, 0.1) is 16.7 Å². The Morgan fingerprint density at radius 2 is 2.19 bits per heavy atom. The van der Waals surface area contributed by atoms with Crippen LogP contribution in [0.1, 0.15) is 17.3 Å². The van der Waals surface area contributed by atoms with E-state index >= 15 is 0 Å². The Labute approximate surface area is 104 Å². The number of amides is 1. The van der Waals surface area contributed by atoms with Gasteiger partial charge in [-0.2, -0.15) is 0 Å². The summed E-state index contributed by atoms with van der Waals surface area (Å²) in [6, 6.07) is 4.87. The molecule has 1 aromatic rings. The van der Waals surface area contributed by atoms with Crippen molar-refractivity contribution in [3.05, 3.63) is 33.8 Å². The number of halogens is 2. The van der Waals surface area contributed by atoms with Gasteiger partial charge in [-0.3, -0.25) is 4.79 Å². The largest absolute Gasteiger partial charge is 0.357 e. The molecule has 1 aliphatic rings. The van der Waals surface area contributed by atoms with Crippen molar-refractivity contribution < 1.29 is 9.53 Å². The zero-order chi connectivity index (χ0) is 11.7. The van der Waals surface area contributed by atoms with E-state index in [0.29, 0.717) is 28.8 Å². The van der Waals surface area contributed by atoms with Crippen LogP contribution in [0.3, 0.4) is 0 Å². The van der Waals surface area contributed by atoms with Gasteiger partial charge in [0.15, 0.2) is 0 Å². The third kappa shape index (κ3) is 2.17. The van der Waals surface area contributed by atoms with Crippen LogP contribution in [-0.2, 0) is 4.74 Å². The Morgan fingerprint density at radius 3 is 2.75 bits per heavy atom. The highest BCUT2D eigenvalue weighted by Crippen LogP contribution is 2.24. The standard InChI is InChI=1S/C11H11Cl2NO2/c1-7-14(4-5-16-7)11(15)8-2-3-9(12)10(13)6-8/h2-3,6-7H,4-5H2,1H3. The number of hydrogen-bond acceptors (Lipinski definition) is 2. The summed E-state index contributed by atoms with van der Waals surface area (Å²) in [5.74, 6) is -0.0800. The van der Waals surface area contributed by atoms with Crippen molar-refractivity contribution in [2.24, 2.45) is 0 Å². The van der Waals surface area contributed by atoms with Crippen molar-refractivity contribution in [1.82, 2.24) is 4.90 Å². The van der Waals surface area contributed by atoms with Gasteiger partial charge in [0.25, 0.3) is 5.91 Å². The molecule has 0 aliphatic carbocycles. The minimum Gasteiger partial charge on any atom is -0.357 e. The monoisotopic (exact) mass is 259 g/mol. The van der Waals surface area contributed by atoms with Crippen LogP contribution in [0.2, 0.25) is 10.0 Å². The summed E-state index contributed by atoms with van der Waals surface area (Å²) in [7, 11) is 0. The quantitative estimate of drug-likeness (QED) is 0.777. The number of hydrogen-bond donors (Lipinski definition) is 0. The van der Waals surface area contributed by atoms with E-state index in [9.17, 15) is 4.79 Å². The predicted molar refractivity (Wildman–Crippen MR) is 62.9 cm³/mol. The third-order valence-electron chi connectivity index (χ3n) is 2.56. The molecule has 1 fully saturated rings. The van der Waals surface area contributed by atoms with Gasteiger partial charge >= 0.3 is 0 Å². The van der Waals surface area contributed by atoms with Gasteiger partial charge in [-0.05, 0) is 25.1 Å². The highest BCUT2D eigenvalue weighted by atomic mass is 35.5. The van der Waals surface area contributed by atoms with E-state index in [4.69, 9.17) is 27.9 Å². The molecule has 0 saturated carbocycles. The fourth-order valence-electron chi connectivity index (χ4n) is 1.66. The summed E-state index contributed by atoms with van der Waals surface area (Å²) < 4.78 is 5.31. The average Bonchev–Trinajstić information content (AvgIpc) is 2.67. The van der Waals surface area contributed by atoms with Crippen molar-refractivity contribution in [2.75, 3.05) is 13.2 Å². The van der Waals surface area contributed by atoms with E-state index in [2.05, 4.69) is 0 Å². The van der Waals surface area contributed by atoms with Crippen molar-refractivity contribution in [1.29, 1.82) is 0 Å². The molecule has 0 aromatic heterocycles. The lowest BCUT2D eigenvalue weighted by Gasteiger charge is -2.19. The first kappa shape index (κ1) is 11.7. The maximum Gasteiger partial charge on any atom is 0.256 e. The molecule has 1 heterocycles. The summed E-state index contributed by atoms with van der Waals surface area (Å²) in [5, 5.41) is 0.837.